The molecule has 0 bridgehead atoms. The number of ether oxygens (including phenoxy) is 2. The number of hydrogen-bond donors (Lipinski definition) is 1. The molecule has 144 valence electrons. The first-order chi connectivity index (χ1) is 13.5. The molecule has 3 aromatic rings. The normalized spacial score (nSPS) is 10.5. The van der Waals surface area contributed by atoms with Crippen molar-refractivity contribution in [3.05, 3.63) is 94.5 Å². The summed E-state index contributed by atoms with van der Waals surface area (Å²) in [4.78, 5) is 11.9. The maximum Gasteiger partial charge on any atom is 0.514 e. The molecule has 3 rings (SSSR count). The summed E-state index contributed by atoms with van der Waals surface area (Å²) in [5.41, 5.74) is 5.30. The van der Waals surface area contributed by atoms with Crippen molar-refractivity contribution in [1.82, 2.24) is 0 Å². The number of carbonyl (C=O) groups excluding carboxylic acids is 1. The lowest BCUT2D eigenvalue weighted by atomic mass is 9.97. The maximum atomic E-state index is 11.9. The van der Waals surface area contributed by atoms with Gasteiger partial charge in [0.25, 0.3) is 0 Å². The smallest absolute Gasteiger partial charge is 0.508 e. The van der Waals surface area contributed by atoms with E-state index in [1.807, 2.05) is 37.3 Å². The van der Waals surface area contributed by atoms with E-state index >= 15 is 0 Å². The number of aromatic hydroxyl groups is 1. The van der Waals surface area contributed by atoms with Gasteiger partial charge in [-0.05, 0) is 65.8 Å². The molecule has 0 saturated heterocycles. The molecule has 0 aliphatic carbocycles. The second-order valence-corrected chi connectivity index (χ2v) is 6.71. The Labute approximate surface area is 165 Å². The van der Waals surface area contributed by atoms with E-state index < -0.39 is 6.16 Å². The van der Waals surface area contributed by atoms with E-state index in [9.17, 15) is 9.90 Å². The molecule has 0 radical (unpaired) electrons. The second kappa shape index (κ2) is 9.09. The zero-order chi connectivity index (χ0) is 19.9. The highest BCUT2D eigenvalue weighted by Gasteiger charge is 2.10. The van der Waals surface area contributed by atoms with Crippen LogP contribution in [0.5, 0.6) is 11.5 Å². The molecular weight excluding hydrogens is 352 g/mol. The van der Waals surface area contributed by atoms with E-state index in [-0.39, 0.29) is 6.61 Å². The Balaban J connectivity index is 1.64. The lowest BCUT2D eigenvalue weighted by molar-refractivity contribution is 0.0925. The first-order valence-corrected chi connectivity index (χ1v) is 9.34. The van der Waals surface area contributed by atoms with Crippen LogP contribution >= 0.6 is 0 Å². The van der Waals surface area contributed by atoms with Crippen molar-refractivity contribution in [2.75, 3.05) is 0 Å². The van der Waals surface area contributed by atoms with Crippen molar-refractivity contribution >= 4 is 6.16 Å². The Hall–Kier alpha value is -3.27. The molecule has 3 aromatic carbocycles. The van der Waals surface area contributed by atoms with Gasteiger partial charge in [-0.3, -0.25) is 0 Å². The van der Waals surface area contributed by atoms with Crippen molar-refractivity contribution < 1.29 is 19.4 Å². The molecule has 0 saturated carbocycles. The van der Waals surface area contributed by atoms with Gasteiger partial charge in [0.05, 0.1) is 0 Å². The fourth-order valence-corrected chi connectivity index (χ4v) is 3.07. The number of phenolic OH excluding ortho intramolecular Hbond substituents is 1. The predicted molar refractivity (Wildman–Crippen MR) is 109 cm³/mol. The second-order valence-electron chi connectivity index (χ2n) is 6.71. The molecule has 0 aliphatic rings. The van der Waals surface area contributed by atoms with Gasteiger partial charge in [-0.1, -0.05) is 55.5 Å². The van der Waals surface area contributed by atoms with Crippen LogP contribution in [0.1, 0.15) is 34.7 Å². The fraction of sp³-hybridized carbons (Fsp3) is 0.208. The first kappa shape index (κ1) is 19.5. The van der Waals surface area contributed by atoms with Crippen molar-refractivity contribution in [3.8, 4) is 11.5 Å². The van der Waals surface area contributed by atoms with Crippen LogP contribution in [0.15, 0.2) is 66.7 Å². The average molecular weight is 376 g/mol. The van der Waals surface area contributed by atoms with E-state index in [2.05, 4.69) is 13.0 Å². The van der Waals surface area contributed by atoms with Crippen LogP contribution in [-0.2, 0) is 24.2 Å². The zero-order valence-electron chi connectivity index (χ0n) is 16.1. The van der Waals surface area contributed by atoms with Gasteiger partial charge in [0.15, 0.2) is 0 Å². The molecule has 0 fully saturated rings. The van der Waals surface area contributed by atoms with Gasteiger partial charge in [0.1, 0.15) is 18.1 Å². The monoisotopic (exact) mass is 376 g/mol. The van der Waals surface area contributed by atoms with E-state index in [0.29, 0.717) is 11.5 Å². The maximum absolute atomic E-state index is 11.9. The number of carbonyl (C=O) groups is 1. The van der Waals surface area contributed by atoms with Crippen molar-refractivity contribution in [2.24, 2.45) is 0 Å². The largest absolute Gasteiger partial charge is 0.514 e. The Kier molecular flexibility index (Phi) is 6.33. The van der Waals surface area contributed by atoms with Crippen molar-refractivity contribution in [1.29, 1.82) is 0 Å². The molecule has 0 amide bonds. The van der Waals surface area contributed by atoms with Crippen molar-refractivity contribution in [2.45, 2.75) is 33.3 Å². The summed E-state index contributed by atoms with van der Waals surface area (Å²) < 4.78 is 10.4. The summed E-state index contributed by atoms with van der Waals surface area (Å²) in [5, 5.41) is 9.67. The molecule has 0 aromatic heterocycles. The third-order valence-electron chi connectivity index (χ3n) is 4.61. The van der Waals surface area contributed by atoms with Gasteiger partial charge in [-0.25, -0.2) is 4.79 Å². The summed E-state index contributed by atoms with van der Waals surface area (Å²) in [6.45, 7) is 4.15. The minimum Gasteiger partial charge on any atom is -0.508 e. The van der Waals surface area contributed by atoms with E-state index in [4.69, 9.17) is 9.47 Å². The van der Waals surface area contributed by atoms with Crippen LogP contribution < -0.4 is 4.74 Å². The number of benzene rings is 3. The van der Waals surface area contributed by atoms with Gasteiger partial charge in [-0.15, -0.1) is 0 Å². The molecule has 28 heavy (non-hydrogen) atoms. The van der Waals surface area contributed by atoms with Crippen LogP contribution in [0.2, 0.25) is 0 Å². The summed E-state index contributed by atoms with van der Waals surface area (Å²) in [7, 11) is 0. The molecule has 0 spiro atoms. The molecule has 4 nitrogen and oxygen atoms in total. The highest BCUT2D eigenvalue weighted by Crippen LogP contribution is 2.21. The SMILES string of the molecule is CCc1cc(Cc2ccc(O)c(C)c2)ccc1COC(=O)Oc1ccccc1. The quantitative estimate of drug-likeness (QED) is 0.451. The van der Waals surface area contributed by atoms with Crippen LogP contribution in [0.3, 0.4) is 0 Å². The molecular formula is C24H24O4. The highest BCUT2D eigenvalue weighted by atomic mass is 16.7. The highest BCUT2D eigenvalue weighted by molar-refractivity contribution is 5.63. The third kappa shape index (κ3) is 5.13. The summed E-state index contributed by atoms with van der Waals surface area (Å²) in [5.74, 6) is 0.774. The number of aryl methyl sites for hydroxylation is 2. The average Bonchev–Trinajstić information content (AvgIpc) is 2.70. The van der Waals surface area contributed by atoms with E-state index in [0.717, 1.165) is 35.1 Å². The lowest BCUT2D eigenvalue weighted by Crippen LogP contribution is -2.11. The molecule has 0 unspecified atom stereocenters. The standard InChI is InChI=1S/C24H24O4/c1-3-20-15-19(14-18-10-12-23(25)17(2)13-18)9-11-21(20)16-27-24(26)28-22-7-5-4-6-8-22/h4-13,15,25H,3,14,16H2,1-2H3. The summed E-state index contributed by atoms with van der Waals surface area (Å²) in [6, 6.07) is 20.7. The molecule has 1 N–H and O–H groups in total. The Morgan fingerprint density at radius 2 is 1.64 bits per heavy atom. The number of rotatable bonds is 6. The van der Waals surface area contributed by atoms with Crippen LogP contribution in [0.4, 0.5) is 4.79 Å². The number of hydrogen-bond acceptors (Lipinski definition) is 4. The minimum atomic E-state index is -0.711. The van der Waals surface area contributed by atoms with E-state index in [1.165, 1.54) is 5.56 Å². The van der Waals surface area contributed by atoms with Gasteiger partial charge in [-0.2, -0.15) is 0 Å². The topological polar surface area (TPSA) is 55.8 Å². The van der Waals surface area contributed by atoms with Crippen LogP contribution in [0, 0.1) is 6.92 Å². The van der Waals surface area contributed by atoms with Gasteiger partial charge in [0.2, 0.25) is 0 Å². The fourth-order valence-electron chi connectivity index (χ4n) is 3.07. The minimum absolute atomic E-state index is 0.174. The number of para-hydroxylation sites is 1. The van der Waals surface area contributed by atoms with E-state index in [1.54, 1.807) is 30.3 Å². The van der Waals surface area contributed by atoms with Crippen molar-refractivity contribution in [3.63, 3.8) is 0 Å². The Morgan fingerprint density at radius 3 is 2.36 bits per heavy atom. The van der Waals surface area contributed by atoms with Crippen LogP contribution in [0.25, 0.3) is 0 Å². The lowest BCUT2D eigenvalue weighted by Gasteiger charge is -2.12. The Bertz CT molecular complexity index is 948. The third-order valence-corrected chi connectivity index (χ3v) is 4.61. The summed E-state index contributed by atoms with van der Waals surface area (Å²) >= 11 is 0. The molecule has 4 heteroatoms. The predicted octanol–water partition coefficient (Wildman–Crippen LogP) is 5.57. The van der Waals surface area contributed by atoms with Gasteiger partial charge >= 0.3 is 6.16 Å². The molecule has 0 heterocycles. The summed E-state index contributed by atoms with van der Waals surface area (Å²) in [6.07, 6.45) is 0.914. The van der Waals surface area contributed by atoms with Crippen LogP contribution in [-0.4, -0.2) is 11.3 Å². The number of phenols is 1. The molecule has 0 atom stereocenters. The molecule has 0 aliphatic heterocycles. The first-order valence-electron chi connectivity index (χ1n) is 9.34. The Morgan fingerprint density at radius 1 is 0.929 bits per heavy atom. The van der Waals surface area contributed by atoms with Gasteiger partial charge < -0.3 is 14.6 Å². The van der Waals surface area contributed by atoms with Gasteiger partial charge in [0, 0.05) is 0 Å². The zero-order valence-corrected chi connectivity index (χ0v) is 16.1.